The lowest BCUT2D eigenvalue weighted by Gasteiger charge is -2.25. The van der Waals surface area contributed by atoms with Gasteiger partial charge in [0.15, 0.2) is 0 Å². The Balaban J connectivity index is 3.20. The third kappa shape index (κ3) is 2.52. The van der Waals surface area contributed by atoms with Crippen LogP contribution in [0.25, 0.3) is 0 Å². The third-order valence-corrected chi connectivity index (χ3v) is 5.33. The largest absolute Gasteiger partial charge is 0.281 e. The number of aryl methyl sites for hydroxylation is 2. The highest BCUT2D eigenvalue weighted by molar-refractivity contribution is 7.89. The van der Waals surface area contributed by atoms with Crippen LogP contribution in [0.5, 0.6) is 0 Å². The Kier molecular flexibility index (Phi) is 4.32. The molecule has 0 saturated heterocycles. The predicted molar refractivity (Wildman–Crippen MR) is 67.4 cm³/mol. The molecule has 0 amide bonds. The topological polar surface area (TPSA) is 66.1 Å². The first kappa shape index (κ1) is 14.2. The summed E-state index contributed by atoms with van der Waals surface area (Å²) in [4.78, 5) is 0.312. The Bertz CT molecular complexity index is 455. The van der Waals surface area contributed by atoms with Gasteiger partial charge in [-0.25, -0.2) is 8.42 Å². The molecule has 0 aliphatic rings. The van der Waals surface area contributed by atoms with Crippen molar-refractivity contribution in [2.75, 3.05) is 7.05 Å². The molecular formula is C11H21N3O2S. The molecule has 0 radical (unpaired) electrons. The minimum Gasteiger partial charge on any atom is -0.281 e. The van der Waals surface area contributed by atoms with E-state index in [-0.39, 0.29) is 6.04 Å². The molecule has 0 spiro atoms. The van der Waals surface area contributed by atoms with Crippen LogP contribution in [0.1, 0.15) is 38.1 Å². The van der Waals surface area contributed by atoms with Crippen molar-refractivity contribution in [1.29, 1.82) is 0 Å². The van der Waals surface area contributed by atoms with Crippen molar-refractivity contribution >= 4 is 10.0 Å². The summed E-state index contributed by atoms with van der Waals surface area (Å²) >= 11 is 0. The highest BCUT2D eigenvalue weighted by Crippen LogP contribution is 2.23. The Morgan fingerprint density at radius 1 is 1.29 bits per heavy atom. The predicted octanol–water partition coefficient (Wildman–Crippen LogP) is 1.84. The van der Waals surface area contributed by atoms with Crippen molar-refractivity contribution in [1.82, 2.24) is 14.5 Å². The monoisotopic (exact) mass is 259 g/mol. The van der Waals surface area contributed by atoms with Crippen LogP contribution in [-0.4, -0.2) is 36.0 Å². The van der Waals surface area contributed by atoms with Gasteiger partial charge in [0.05, 0.1) is 11.4 Å². The molecular weight excluding hydrogens is 238 g/mol. The lowest BCUT2D eigenvalue weighted by Crippen LogP contribution is -2.36. The van der Waals surface area contributed by atoms with E-state index in [1.165, 1.54) is 4.31 Å². The number of H-pyrrole nitrogens is 1. The van der Waals surface area contributed by atoms with E-state index in [0.29, 0.717) is 16.3 Å². The Labute approximate surface area is 103 Å². The van der Waals surface area contributed by atoms with Crippen LogP contribution in [0.2, 0.25) is 0 Å². The molecule has 1 rings (SSSR count). The summed E-state index contributed by atoms with van der Waals surface area (Å²) in [5.74, 6) is 0. The second-order valence-electron chi connectivity index (χ2n) is 4.25. The van der Waals surface area contributed by atoms with Gasteiger partial charge in [-0.05, 0) is 26.7 Å². The van der Waals surface area contributed by atoms with Crippen LogP contribution >= 0.6 is 0 Å². The van der Waals surface area contributed by atoms with Crippen LogP contribution in [0.15, 0.2) is 4.90 Å². The van der Waals surface area contributed by atoms with Crippen molar-refractivity contribution in [2.24, 2.45) is 0 Å². The van der Waals surface area contributed by atoms with Gasteiger partial charge < -0.3 is 0 Å². The molecule has 0 unspecified atom stereocenters. The van der Waals surface area contributed by atoms with Crippen molar-refractivity contribution in [2.45, 2.75) is 51.5 Å². The maximum Gasteiger partial charge on any atom is 0.246 e. The lowest BCUT2D eigenvalue weighted by atomic mass is 10.2. The molecule has 5 nitrogen and oxygen atoms in total. The molecule has 1 heterocycles. The van der Waals surface area contributed by atoms with E-state index in [1.54, 1.807) is 20.9 Å². The summed E-state index contributed by atoms with van der Waals surface area (Å²) in [6.45, 7) is 7.43. The molecule has 0 aliphatic carbocycles. The SMILES string of the molecule is CCC(CC)N(C)S(=O)(=O)c1c(C)n[nH]c1C. The minimum atomic E-state index is -3.44. The number of rotatable bonds is 5. The maximum atomic E-state index is 12.5. The van der Waals surface area contributed by atoms with E-state index < -0.39 is 10.0 Å². The summed E-state index contributed by atoms with van der Waals surface area (Å²) in [6, 6.07) is 0.0358. The van der Waals surface area contributed by atoms with E-state index in [9.17, 15) is 8.42 Å². The number of aromatic nitrogens is 2. The number of hydrogen-bond donors (Lipinski definition) is 1. The molecule has 0 fully saturated rings. The van der Waals surface area contributed by atoms with Gasteiger partial charge in [-0.15, -0.1) is 0 Å². The first-order chi connectivity index (χ1) is 7.86. The molecule has 0 aliphatic heterocycles. The second kappa shape index (κ2) is 5.18. The number of nitrogens with zero attached hydrogens (tertiary/aromatic N) is 2. The first-order valence-corrected chi connectivity index (χ1v) is 7.29. The standard InChI is InChI=1S/C11H21N3O2S/c1-6-10(7-2)14(5)17(15,16)11-8(3)12-13-9(11)4/h10H,6-7H2,1-5H3,(H,12,13). The fraction of sp³-hybridized carbons (Fsp3) is 0.727. The molecule has 6 heteroatoms. The molecule has 1 aromatic heterocycles. The molecule has 0 aromatic carbocycles. The third-order valence-electron chi connectivity index (χ3n) is 3.15. The zero-order chi connectivity index (χ0) is 13.2. The van der Waals surface area contributed by atoms with Crippen LogP contribution in [-0.2, 0) is 10.0 Å². The van der Waals surface area contributed by atoms with Crippen LogP contribution in [0.4, 0.5) is 0 Å². The molecule has 98 valence electrons. The van der Waals surface area contributed by atoms with Crippen LogP contribution in [0, 0.1) is 13.8 Å². The average molecular weight is 259 g/mol. The normalized spacial score (nSPS) is 12.6. The quantitative estimate of drug-likeness (QED) is 0.877. The minimum absolute atomic E-state index is 0.0358. The molecule has 0 bridgehead atoms. The van der Waals surface area contributed by atoms with Gasteiger partial charge in [0.2, 0.25) is 10.0 Å². The fourth-order valence-corrected chi connectivity index (χ4v) is 3.89. The Morgan fingerprint density at radius 3 is 2.18 bits per heavy atom. The first-order valence-electron chi connectivity index (χ1n) is 5.85. The van der Waals surface area contributed by atoms with Gasteiger partial charge in [0.25, 0.3) is 0 Å². The smallest absolute Gasteiger partial charge is 0.246 e. The maximum absolute atomic E-state index is 12.5. The van der Waals surface area contributed by atoms with Crippen molar-refractivity contribution in [3.63, 3.8) is 0 Å². The summed E-state index contributed by atoms with van der Waals surface area (Å²) in [5, 5.41) is 6.66. The fourth-order valence-electron chi connectivity index (χ4n) is 2.06. The van der Waals surface area contributed by atoms with Crippen molar-refractivity contribution in [3.8, 4) is 0 Å². The van der Waals surface area contributed by atoms with Crippen LogP contribution < -0.4 is 0 Å². The van der Waals surface area contributed by atoms with Gasteiger partial charge in [0.1, 0.15) is 4.90 Å². The molecule has 0 saturated carbocycles. The molecule has 1 aromatic rings. The highest BCUT2D eigenvalue weighted by Gasteiger charge is 2.30. The molecule has 17 heavy (non-hydrogen) atoms. The van der Waals surface area contributed by atoms with E-state index in [2.05, 4.69) is 10.2 Å². The second-order valence-corrected chi connectivity index (χ2v) is 6.19. The lowest BCUT2D eigenvalue weighted by molar-refractivity contribution is 0.349. The van der Waals surface area contributed by atoms with E-state index in [0.717, 1.165) is 12.8 Å². The Morgan fingerprint density at radius 2 is 1.82 bits per heavy atom. The number of aromatic amines is 1. The highest BCUT2D eigenvalue weighted by atomic mass is 32.2. The summed E-state index contributed by atoms with van der Waals surface area (Å²) in [6.07, 6.45) is 1.62. The van der Waals surface area contributed by atoms with E-state index >= 15 is 0 Å². The van der Waals surface area contributed by atoms with Gasteiger partial charge in [-0.3, -0.25) is 5.10 Å². The van der Waals surface area contributed by atoms with E-state index in [1.807, 2.05) is 13.8 Å². The zero-order valence-corrected chi connectivity index (χ0v) is 11.9. The number of nitrogens with one attached hydrogen (secondary N) is 1. The van der Waals surface area contributed by atoms with Gasteiger partial charge in [0, 0.05) is 13.1 Å². The van der Waals surface area contributed by atoms with Gasteiger partial charge in [-0.2, -0.15) is 9.40 Å². The summed E-state index contributed by atoms with van der Waals surface area (Å²) < 4.78 is 26.4. The number of hydrogen-bond acceptors (Lipinski definition) is 3. The van der Waals surface area contributed by atoms with Gasteiger partial charge in [-0.1, -0.05) is 13.8 Å². The molecule has 0 atom stereocenters. The molecule has 1 N–H and O–H groups in total. The Hall–Kier alpha value is -0.880. The zero-order valence-electron chi connectivity index (χ0n) is 11.1. The van der Waals surface area contributed by atoms with Crippen LogP contribution in [0.3, 0.4) is 0 Å². The van der Waals surface area contributed by atoms with E-state index in [4.69, 9.17) is 0 Å². The summed E-state index contributed by atoms with van der Waals surface area (Å²) in [5.41, 5.74) is 1.13. The van der Waals surface area contributed by atoms with Crippen molar-refractivity contribution in [3.05, 3.63) is 11.4 Å². The average Bonchev–Trinajstić information content (AvgIpc) is 2.60. The summed E-state index contributed by atoms with van der Waals surface area (Å²) in [7, 11) is -1.80. The van der Waals surface area contributed by atoms with Crippen molar-refractivity contribution < 1.29 is 8.42 Å². The van der Waals surface area contributed by atoms with Gasteiger partial charge >= 0.3 is 0 Å². The number of sulfonamides is 1.